The fourth-order valence-corrected chi connectivity index (χ4v) is 2.70. The molecule has 2 rings (SSSR count). The number of amides is 1. The van der Waals surface area contributed by atoms with Gasteiger partial charge in [0, 0.05) is 11.1 Å². The van der Waals surface area contributed by atoms with Crippen LogP contribution in [-0.4, -0.2) is 19.0 Å². The minimum atomic E-state index is -0.436. The predicted octanol–water partition coefficient (Wildman–Crippen LogP) is 3.10. The Morgan fingerprint density at radius 1 is 1.45 bits per heavy atom. The smallest absolute Gasteiger partial charge is 0.230 e. The van der Waals surface area contributed by atoms with Gasteiger partial charge in [0.1, 0.15) is 5.82 Å². The number of carbonyl (C=O) groups excluding carboxylic acids is 1. The number of piperidine rings is 1. The molecular weight excluding hydrogens is 255 g/mol. The summed E-state index contributed by atoms with van der Waals surface area (Å²) in [6.45, 7) is 7.68. The number of benzene rings is 1. The molecule has 3 nitrogen and oxygen atoms in total. The Bertz CT molecular complexity index is 493. The molecule has 2 N–H and O–H groups in total. The summed E-state index contributed by atoms with van der Waals surface area (Å²) in [5.41, 5.74) is 0.998. The van der Waals surface area contributed by atoms with Gasteiger partial charge in [0.25, 0.3) is 0 Å². The van der Waals surface area contributed by atoms with Crippen LogP contribution in [0, 0.1) is 24.1 Å². The number of nitrogens with one attached hydrogen (secondary N) is 2. The molecule has 1 atom stereocenters. The lowest BCUT2D eigenvalue weighted by molar-refractivity contribution is -0.127. The molecule has 20 heavy (non-hydrogen) atoms. The first-order valence-corrected chi connectivity index (χ1v) is 7.19. The highest BCUT2D eigenvalue weighted by atomic mass is 19.1. The van der Waals surface area contributed by atoms with Gasteiger partial charge in [-0.1, -0.05) is 13.8 Å². The predicted molar refractivity (Wildman–Crippen MR) is 79.1 cm³/mol. The van der Waals surface area contributed by atoms with Gasteiger partial charge in [0.2, 0.25) is 5.91 Å². The van der Waals surface area contributed by atoms with Crippen molar-refractivity contribution in [2.24, 2.45) is 11.3 Å². The third kappa shape index (κ3) is 3.18. The van der Waals surface area contributed by atoms with Crippen molar-refractivity contribution in [1.82, 2.24) is 5.32 Å². The van der Waals surface area contributed by atoms with Crippen LogP contribution < -0.4 is 10.6 Å². The molecule has 1 aromatic rings. The topological polar surface area (TPSA) is 41.1 Å². The SMILES string of the molecule is Cc1cc(F)ccc1NC(=O)C(C)(C)C1CCCNC1. The quantitative estimate of drug-likeness (QED) is 0.892. The summed E-state index contributed by atoms with van der Waals surface area (Å²) >= 11 is 0. The molecule has 4 heteroatoms. The highest BCUT2D eigenvalue weighted by Gasteiger charge is 2.37. The molecule has 1 aliphatic rings. The second-order valence-corrected chi connectivity index (χ2v) is 6.18. The lowest BCUT2D eigenvalue weighted by atomic mass is 9.74. The zero-order valence-electron chi connectivity index (χ0n) is 12.4. The van der Waals surface area contributed by atoms with Gasteiger partial charge < -0.3 is 10.6 Å². The highest BCUT2D eigenvalue weighted by Crippen LogP contribution is 2.33. The van der Waals surface area contributed by atoms with E-state index in [4.69, 9.17) is 0 Å². The van der Waals surface area contributed by atoms with Gasteiger partial charge in [-0.3, -0.25) is 4.79 Å². The van der Waals surface area contributed by atoms with E-state index >= 15 is 0 Å². The summed E-state index contributed by atoms with van der Waals surface area (Å²) in [6.07, 6.45) is 2.17. The highest BCUT2D eigenvalue weighted by molar-refractivity contribution is 5.95. The molecule has 0 radical (unpaired) electrons. The van der Waals surface area contributed by atoms with Crippen LogP contribution in [0.25, 0.3) is 0 Å². The molecule has 0 bridgehead atoms. The molecule has 1 unspecified atom stereocenters. The van der Waals surface area contributed by atoms with Crippen molar-refractivity contribution in [3.05, 3.63) is 29.6 Å². The van der Waals surface area contributed by atoms with Gasteiger partial charge in [0.15, 0.2) is 0 Å². The first-order valence-electron chi connectivity index (χ1n) is 7.19. The van der Waals surface area contributed by atoms with Crippen LogP contribution in [0.5, 0.6) is 0 Å². The maximum Gasteiger partial charge on any atom is 0.230 e. The minimum absolute atomic E-state index is 0.000841. The minimum Gasteiger partial charge on any atom is -0.325 e. The zero-order chi connectivity index (χ0) is 14.8. The molecule has 0 aromatic heterocycles. The Kier molecular flexibility index (Phi) is 4.43. The van der Waals surface area contributed by atoms with Crippen LogP contribution >= 0.6 is 0 Å². The molecule has 0 aliphatic carbocycles. The summed E-state index contributed by atoms with van der Waals surface area (Å²) in [5, 5.41) is 6.29. The number of halogens is 1. The van der Waals surface area contributed by atoms with E-state index in [2.05, 4.69) is 10.6 Å². The van der Waals surface area contributed by atoms with Crippen molar-refractivity contribution in [2.45, 2.75) is 33.6 Å². The summed E-state index contributed by atoms with van der Waals surface area (Å²) < 4.78 is 13.1. The van der Waals surface area contributed by atoms with Crippen molar-refractivity contribution in [3.63, 3.8) is 0 Å². The van der Waals surface area contributed by atoms with Crippen molar-refractivity contribution in [1.29, 1.82) is 0 Å². The van der Waals surface area contributed by atoms with Gasteiger partial charge in [-0.05, 0) is 62.5 Å². The fraction of sp³-hybridized carbons (Fsp3) is 0.562. The van der Waals surface area contributed by atoms with Crippen LogP contribution in [0.2, 0.25) is 0 Å². The van der Waals surface area contributed by atoms with E-state index in [1.165, 1.54) is 12.1 Å². The summed E-state index contributed by atoms with van der Waals surface area (Å²) in [7, 11) is 0. The third-order valence-corrected chi connectivity index (χ3v) is 4.34. The number of carbonyl (C=O) groups is 1. The number of rotatable bonds is 3. The first kappa shape index (κ1) is 15.0. The van der Waals surface area contributed by atoms with Crippen LogP contribution in [0.1, 0.15) is 32.3 Å². The first-order chi connectivity index (χ1) is 9.41. The second kappa shape index (κ2) is 5.92. The molecule has 1 aliphatic heterocycles. The molecule has 1 saturated heterocycles. The number of hydrogen-bond donors (Lipinski definition) is 2. The van der Waals surface area contributed by atoms with Gasteiger partial charge in [-0.25, -0.2) is 4.39 Å². The molecular formula is C16H23FN2O. The number of hydrogen-bond acceptors (Lipinski definition) is 2. The maximum atomic E-state index is 13.1. The zero-order valence-corrected chi connectivity index (χ0v) is 12.4. The molecule has 1 aromatic carbocycles. The molecule has 0 spiro atoms. The van der Waals surface area contributed by atoms with Gasteiger partial charge >= 0.3 is 0 Å². The van der Waals surface area contributed by atoms with Crippen LogP contribution in [-0.2, 0) is 4.79 Å². The van der Waals surface area contributed by atoms with Crippen molar-refractivity contribution >= 4 is 11.6 Å². The lowest BCUT2D eigenvalue weighted by Gasteiger charge is -2.36. The maximum absolute atomic E-state index is 13.1. The molecule has 110 valence electrons. The third-order valence-electron chi connectivity index (χ3n) is 4.34. The molecule has 1 amide bonds. The molecule has 0 saturated carbocycles. The Hall–Kier alpha value is -1.42. The number of aryl methyl sites for hydroxylation is 1. The van der Waals surface area contributed by atoms with E-state index in [1.54, 1.807) is 13.0 Å². The summed E-state index contributed by atoms with van der Waals surface area (Å²) in [6, 6.07) is 4.43. The monoisotopic (exact) mass is 278 g/mol. The Labute approximate surface area is 120 Å². The standard InChI is InChI=1S/C16H23FN2O/c1-11-9-13(17)6-7-14(11)19-15(20)16(2,3)12-5-4-8-18-10-12/h6-7,9,12,18H,4-5,8,10H2,1-3H3,(H,19,20). The van der Waals surface area contributed by atoms with Crippen LogP contribution in [0.3, 0.4) is 0 Å². The van der Waals surface area contributed by atoms with Crippen LogP contribution in [0.15, 0.2) is 18.2 Å². The van der Waals surface area contributed by atoms with Crippen LogP contribution in [0.4, 0.5) is 10.1 Å². The van der Waals surface area contributed by atoms with E-state index in [1.807, 2.05) is 13.8 Å². The Balaban J connectivity index is 2.09. The van der Waals surface area contributed by atoms with Crippen molar-refractivity contribution in [2.75, 3.05) is 18.4 Å². The van der Waals surface area contributed by atoms with Gasteiger partial charge in [-0.15, -0.1) is 0 Å². The largest absolute Gasteiger partial charge is 0.325 e. The van der Waals surface area contributed by atoms with E-state index in [0.29, 0.717) is 11.6 Å². The Morgan fingerprint density at radius 2 is 2.20 bits per heavy atom. The second-order valence-electron chi connectivity index (χ2n) is 6.18. The normalized spacial score (nSPS) is 19.7. The van der Waals surface area contributed by atoms with Gasteiger partial charge in [0.05, 0.1) is 0 Å². The summed E-state index contributed by atoms with van der Waals surface area (Å²) in [4.78, 5) is 12.5. The van der Waals surface area contributed by atoms with Crippen molar-refractivity contribution < 1.29 is 9.18 Å². The average molecular weight is 278 g/mol. The summed E-state index contributed by atoms with van der Waals surface area (Å²) in [5.74, 6) is 0.0501. The number of anilines is 1. The molecule has 1 fully saturated rings. The lowest BCUT2D eigenvalue weighted by Crippen LogP contribution is -2.44. The van der Waals surface area contributed by atoms with E-state index in [-0.39, 0.29) is 11.7 Å². The fourth-order valence-electron chi connectivity index (χ4n) is 2.70. The van der Waals surface area contributed by atoms with Crippen molar-refractivity contribution in [3.8, 4) is 0 Å². The van der Waals surface area contributed by atoms with E-state index in [9.17, 15) is 9.18 Å². The molecule has 1 heterocycles. The van der Waals surface area contributed by atoms with E-state index in [0.717, 1.165) is 31.5 Å². The average Bonchev–Trinajstić information content (AvgIpc) is 2.42. The van der Waals surface area contributed by atoms with Gasteiger partial charge in [-0.2, -0.15) is 0 Å². The Morgan fingerprint density at radius 3 is 2.80 bits per heavy atom. The van der Waals surface area contributed by atoms with E-state index < -0.39 is 5.41 Å².